The number of carbonyl (C=O) groups is 1. The molecule has 0 aliphatic rings. The van der Waals surface area contributed by atoms with Crippen LogP contribution >= 0.6 is 0 Å². The topological polar surface area (TPSA) is 37.3 Å². The molecule has 1 N–H and O–H groups in total. The zero-order valence-corrected chi connectivity index (χ0v) is 11.9. The summed E-state index contributed by atoms with van der Waals surface area (Å²) in [5.41, 5.74) is 0. The summed E-state index contributed by atoms with van der Waals surface area (Å²) in [7, 11) is 0. The molecule has 0 aliphatic heterocycles. The molecule has 0 unspecified atom stereocenters. The van der Waals surface area contributed by atoms with Gasteiger partial charge < -0.3 is 5.11 Å². The van der Waals surface area contributed by atoms with Gasteiger partial charge in [-0.1, -0.05) is 50.5 Å². The Balaban J connectivity index is 3.42. The van der Waals surface area contributed by atoms with E-state index in [2.05, 4.69) is 36.7 Å². The average Bonchev–Trinajstić information content (AvgIpc) is 2.39. The lowest BCUT2D eigenvalue weighted by Crippen LogP contribution is -1.93. The van der Waals surface area contributed by atoms with E-state index in [0.717, 1.165) is 38.5 Å². The van der Waals surface area contributed by atoms with Crippen molar-refractivity contribution in [3.63, 3.8) is 0 Å². The molecular formula is C17H24O2. The van der Waals surface area contributed by atoms with Crippen LogP contribution in [0.2, 0.25) is 0 Å². The fraction of sp³-hybridized carbons (Fsp3) is 0.588. The monoisotopic (exact) mass is 260 g/mol. The van der Waals surface area contributed by atoms with Crippen LogP contribution in [0.15, 0.2) is 12.2 Å². The lowest BCUT2D eigenvalue weighted by Gasteiger charge is -1.95. The third kappa shape index (κ3) is 16.3. The molecule has 2 nitrogen and oxygen atoms in total. The minimum absolute atomic E-state index is 0.279. The maximum absolute atomic E-state index is 10.3. The van der Waals surface area contributed by atoms with Crippen molar-refractivity contribution in [2.24, 2.45) is 0 Å². The Morgan fingerprint density at radius 3 is 2.63 bits per heavy atom. The van der Waals surface area contributed by atoms with Crippen molar-refractivity contribution >= 4 is 5.97 Å². The second kappa shape index (κ2) is 14.4. The van der Waals surface area contributed by atoms with E-state index in [4.69, 9.17) is 5.11 Å². The quantitative estimate of drug-likeness (QED) is 0.499. The molecule has 0 aliphatic carbocycles. The fourth-order valence-electron chi connectivity index (χ4n) is 1.49. The normalized spacial score (nSPS) is 9.53. The van der Waals surface area contributed by atoms with Crippen molar-refractivity contribution in [3.05, 3.63) is 12.2 Å². The zero-order valence-electron chi connectivity index (χ0n) is 11.9. The molecule has 2 heteroatoms. The number of hydrogen-bond acceptors (Lipinski definition) is 1. The van der Waals surface area contributed by atoms with Gasteiger partial charge >= 0.3 is 5.97 Å². The van der Waals surface area contributed by atoms with Crippen LogP contribution in [-0.4, -0.2) is 11.1 Å². The van der Waals surface area contributed by atoms with Crippen LogP contribution in [0.1, 0.15) is 64.7 Å². The van der Waals surface area contributed by atoms with Crippen LogP contribution in [0.4, 0.5) is 0 Å². The Morgan fingerprint density at radius 1 is 1.11 bits per heavy atom. The third-order valence-corrected chi connectivity index (χ3v) is 2.59. The van der Waals surface area contributed by atoms with Gasteiger partial charge in [0.15, 0.2) is 0 Å². The van der Waals surface area contributed by atoms with Crippen molar-refractivity contribution < 1.29 is 9.90 Å². The highest BCUT2D eigenvalue weighted by atomic mass is 16.4. The minimum atomic E-state index is -0.706. The van der Waals surface area contributed by atoms with Gasteiger partial charge in [-0.05, 0) is 37.2 Å². The first-order valence-electron chi connectivity index (χ1n) is 7.12. The predicted octanol–water partition coefficient (Wildman–Crippen LogP) is 4.16. The second-order valence-corrected chi connectivity index (χ2v) is 4.42. The molecule has 0 aromatic carbocycles. The number of hydrogen-bond donors (Lipinski definition) is 1. The molecule has 0 amide bonds. The zero-order chi connectivity index (χ0) is 14.2. The molecule has 0 aromatic rings. The minimum Gasteiger partial charge on any atom is -0.481 e. The summed E-state index contributed by atoms with van der Waals surface area (Å²) < 4.78 is 0. The van der Waals surface area contributed by atoms with Gasteiger partial charge in [-0.2, -0.15) is 0 Å². The maximum atomic E-state index is 10.3. The Morgan fingerprint density at radius 2 is 1.89 bits per heavy atom. The number of allylic oxidation sites excluding steroid dienone is 2. The molecule has 0 radical (unpaired) electrons. The highest BCUT2D eigenvalue weighted by molar-refractivity contribution is 5.66. The summed E-state index contributed by atoms with van der Waals surface area (Å²) >= 11 is 0. The average molecular weight is 260 g/mol. The van der Waals surface area contributed by atoms with E-state index < -0.39 is 5.97 Å². The van der Waals surface area contributed by atoms with Crippen LogP contribution in [0, 0.1) is 23.7 Å². The molecule has 0 aromatic heterocycles. The van der Waals surface area contributed by atoms with Crippen molar-refractivity contribution in [2.75, 3.05) is 0 Å². The van der Waals surface area contributed by atoms with Crippen molar-refractivity contribution in [3.8, 4) is 23.7 Å². The van der Waals surface area contributed by atoms with Gasteiger partial charge in [0.1, 0.15) is 0 Å². The SMILES string of the molecule is CCCC/C=C/C#CC#CCCCCCCC(=O)O. The molecule has 0 saturated heterocycles. The largest absolute Gasteiger partial charge is 0.481 e. The van der Waals surface area contributed by atoms with Gasteiger partial charge in [0.25, 0.3) is 0 Å². The molecule has 0 spiro atoms. The number of aliphatic carboxylic acids is 1. The van der Waals surface area contributed by atoms with Crippen LogP contribution < -0.4 is 0 Å². The first kappa shape index (κ1) is 17.3. The van der Waals surface area contributed by atoms with E-state index in [1.165, 1.54) is 12.8 Å². The number of carboxylic acids is 1. The predicted molar refractivity (Wildman–Crippen MR) is 79.6 cm³/mol. The van der Waals surface area contributed by atoms with Crippen LogP contribution in [0.3, 0.4) is 0 Å². The Hall–Kier alpha value is -1.67. The molecular weight excluding hydrogens is 236 g/mol. The summed E-state index contributed by atoms with van der Waals surface area (Å²) in [6.45, 7) is 2.17. The molecule has 0 fully saturated rings. The van der Waals surface area contributed by atoms with Crippen LogP contribution in [0.5, 0.6) is 0 Å². The summed E-state index contributed by atoms with van der Waals surface area (Å²) in [6, 6.07) is 0. The highest BCUT2D eigenvalue weighted by Crippen LogP contribution is 2.04. The third-order valence-electron chi connectivity index (χ3n) is 2.59. The molecule has 0 saturated carbocycles. The fourth-order valence-corrected chi connectivity index (χ4v) is 1.49. The lowest BCUT2D eigenvalue weighted by atomic mass is 10.1. The molecule has 104 valence electrons. The summed E-state index contributed by atoms with van der Waals surface area (Å²) in [5, 5.41) is 8.46. The lowest BCUT2D eigenvalue weighted by molar-refractivity contribution is -0.137. The molecule has 0 atom stereocenters. The maximum Gasteiger partial charge on any atom is 0.303 e. The Bertz CT molecular complexity index is 372. The number of rotatable bonds is 9. The standard InChI is InChI=1S/C17H24O2/c1-2-3-4-5-6-7-8-9-10-11-12-13-14-15-16-17(18)19/h5-6H,2-4,11-16H2,1H3,(H,18,19)/b6-5+. The molecule has 0 bridgehead atoms. The number of unbranched alkanes of at least 4 members (excludes halogenated alkanes) is 6. The smallest absolute Gasteiger partial charge is 0.303 e. The molecule has 0 heterocycles. The Kier molecular flexibility index (Phi) is 13.1. The van der Waals surface area contributed by atoms with E-state index >= 15 is 0 Å². The second-order valence-electron chi connectivity index (χ2n) is 4.42. The van der Waals surface area contributed by atoms with Gasteiger partial charge in [-0.3, -0.25) is 4.79 Å². The first-order chi connectivity index (χ1) is 9.27. The molecule has 19 heavy (non-hydrogen) atoms. The van der Waals surface area contributed by atoms with E-state index in [1.54, 1.807) is 0 Å². The van der Waals surface area contributed by atoms with Gasteiger partial charge in [0, 0.05) is 12.8 Å². The van der Waals surface area contributed by atoms with Crippen molar-refractivity contribution in [1.82, 2.24) is 0 Å². The Labute approximate surface area is 117 Å². The van der Waals surface area contributed by atoms with Crippen molar-refractivity contribution in [1.29, 1.82) is 0 Å². The molecule has 0 rings (SSSR count). The van der Waals surface area contributed by atoms with Crippen LogP contribution in [0.25, 0.3) is 0 Å². The highest BCUT2D eigenvalue weighted by Gasteiger charge is 1.95. The summed E-state index contributed by atoms with van der Waals surface area (Å²) in [4.78, 5) is 10.3. The van der Waals surface area contributed by atoms with Gasteiger partial charge in [0.2, 0.25) is 0 Å². The summed E-state index contributed by atoms with van der Waals surface area (Å²) in [6.07, 6.45) is 12.4. The van der Waals surface area contributed by atoms with E-state index in [9.17, 15) is 4.79 Å². The van der Waals surface area contributed by atoms with Gasteiger partial charge in [0.05, 0.1) is 0 Å². The van der Waals surface area contributed by atoms with Crippen LogP contribution in [-0.2, 0) is 4.79 Å². The van der Waals surface area contributed by atoms with E-state index in [-0.39, 0.29) is 6.42 Å². The number of carboxylic acid groups (broad SMARTS) is 1. The summed E-state index contributed by atoms with van der Waals surface area (Å²) in [5.74, 6) is 10.8. The van der Waals surface area contributed by atoms with Gasteiger partial charge in [-0.15, -0.1) is 0 Å². The van der Waals surface area contributed by atoms with Gasteiger partial charge in [-0.25, -0.2) is 0 Å². The van der Waals surface area contributed by atoms with Crippen molar-refractivity contribution in [2.45, 2.75) is 64.7 Å². The van der Waals surface area contributed by atoms with E-state index in [0.29, 0.717) is 0 Å². The van der Waals surface area contributed by atoms with E-state index in [1.807, 2.05) is 6.08 Å². The first-order valence-corrected chi connectivity index (χ1v) is 7.12.